The summed E-state index contributed by atoms with van der Waals surface area (Å²) in [5, 5.41) is 19.5. The minimum absolute atomic E-state index is 0.00614. The van der Waals surface area contributed by atoms with Crippen molar-refractivity contribution in [1.82, 2.24) is 21.3 Å². The van der Waals surface area contributed by atoms with Gasteiger partial charge in [0.25, 0.3) is 0 Å². The van der Waals surface area contributed by atoms with Gasteiger partial charge in [0.05, 0.1) is 6.54 Å². The summed E-state index contributed by atoms with van der Waals surface area (Å²) in [7, 11) is 0. The maximum atomic E-state index is 12.8. The summed E-state index contributed by atoms with van der Waals surface area (Å²) in [4.78, 5) is 65.5. The molecule has 0 saturated heterocycles. The topological polar surface area (TPSA) is 218 Å². The third kappa shape index (κ3) is 15.3. The average Bonchev–Trinajstić information content (AvgIpc) is 2.81. The van der Waals surface area contributed by atoms with Crippen LogP contribution in [0.2, 0.25) is 0 Å². The summed E-state index contributed by atoms with van der Waals surface area (Å²) in [6.07, 6.45) is 1.29. The molecule has 218 valence electrons. The molecule has 4 atom stereocenters. The van der Waals surface area contributed by atoms with Gasteiger partial charge in [-0.05, 0) is 44.4 Å². The second kappa shape index (κ2) is 18.3. The predicted molar refractivity (Wildman–Crippen MR) is 148 cm³/mol. The molecule has 14 heteroatoms. The number of hydrogen-bond acceptors (Lipinski definition) is 7. The van der Waals surface area contributed by atoms with Gasteiger partial charge < -0.3 is 37.8 Å². The average molecular weight is 560 g/mol. The number of carboxylic acid groups (broad SMARTS) is 1. The molecule has 13 nitrogen and oxygen atoms in total. The molecule has 0 bridgehead atoms. The van der Waals surface area contributed by atoms with E-state index in [0.29, 0.717) is 18.6 Å². The van der Waals surface area contributed by atoms with Gasteiger partial charge in [0.1, 0.15) is 18.1 Å². The fourth-order valence-electron chi connectivity index (χ4n) is 3.53. The van der Waals surface area contributed by atoms with Gasteiger partial charge in [0.2, 0.25) is 23.6 Å². The lowest BCUT2D eigenvalue weighted by Crippen LogP contribution is -2.54. The first kappa shape index (κ1) is 35.0. The lowest BCUT2D eigenvalue weighted by Gasteiger charge is -2.23. The number of aliphatic carboxylic acids is 1. The third-order valence-corrected chi connectivity index (χ3v) is 5.88. The second-order valence-corrected chi connectivity index (χ2v) is 10.4. The van der Waals surface area contributed by atoms with Gasteiger partial charge in [0, 0.05) is 18.2 Å². The van der Waals surface area contributed by atoms with Gasteiger partial charge in [-0.15, -0.1) is 0 Å². The third-order valence-electron chi connectivity index (χ3n) is 5.44. The lowest BCUT2D eigenvalue weighted by atomic mass is 9.97. The second-order valence-electron chi connectivity index (χ2n) is 10.1. The van der Waals surface area contributed by atoms with Crippen LogP contribution in [0, 0.1) is 17.8 Å². The summed E-state index contributed by atoms with van der Waals surface area (Å²) < 4.78 is 0. The van der Waals surface area contributed by atoms with Crippen LogP contribution in [0.3, 0.4) is 0 Å². The maximum absolute atomic E-state index is 12.8. The van der Waals surface area contributed by atoms with Crippen LogP contribution in [0.5, 0.6) is 0 Å². The number of rotatable bonds is 18. The van der Waals surface area contributed by atoms with Crippen molar-refractivity contribution in [3.63, 3.8) is 0 Å². The van der Waals surface area contributed by atoms with E-state index in [1.807, 2.05) is 27.7 Å². The molecular formula is C24H45N7O6S. The van der Waals surface area contributed by atoms with Crippen LogP contribution in [-0.2, 0) is 24.0 Å². The number of carbonyl (C=O) groups excluding carboxylic acids is 4. The fraction of sp³-hybridized carbons (Fsp3) is 0.750. The summed E-state index contributed by atoms with van der Waals surface area (Å²) in [5.41, 5.74) is 10.5. The standard InChI is InChI=1S/C24H45N7O6S/c1-13(2)9-16(12-38)21(34)29-15(5)20(33)28-11-19(32)30-18(10-14(3)4)22(35)31-17(23(36)37)7-6-8-27-24(25)26/h13-18,38H,6-12H2,1-5H3,(H,28,33)(H,29,34)(H,30,32)(H,31,35)(H,36,37)(H4,25,26,27)/t15-,16?,17-,18-/m0/s1. The van der Waals surface area contributed by atoms with Crippen LogP contribution >= 0.6 is 12.6 Å². The Balaban J connectivity index is 4.98. The lowest BCUT2D eigenvalue weighted by molar-refractivity contribution is -0.142. The fourth-order valence-corrected chi connectivity index (χ4v) is 3.85. The van der Waals surface area contributed by atoms with E-state index in [2.05, 4.69) is 38.9 Å². The largest absolute Gasteiger partial charge is 0.480 e. The monoisotopic (exact) mass is 559 g/mol. The molecule has 0 heterocycles. The van der Waals surface area contributed by atoms with E-state index < -0.39 is 48.4 Å². The van der Waals surface area contributed by atoms with Crippen LogP contribution in [0.15, 0.2) is 4.99 Å². The van der Waals surface area contributed by atoms with Crippen molar-refractivity contribution < 1.29 is 29.1 Å². The van der Waals surface area contributed by atoms with E-state index in [1.54, 1.807) is 0 Å². The highest BCUT2D eigenvalue weighted by Crippen LogP contribution is 2.13. The summed E-state index contributed by atoms with van der Waals surface area (Å²) in [5.74, 6) is -3.18. The zero-order valence-corrected chi connectivity index (χ0v) is 23.8. The van der Waals surface area contributed by atoms with E-state index in [1.165, 1.54) is 6.92 Å². The number of amides is 4. The highest BCUT2D eigenvalue weighted by Gasteiger charge is 2.28. The number of carbonyl (C=O) groups is 5. The zero-order chi connectivity index (χ0) is 29.4. The molecule has 0 aliphatic heterocycles. The number of nitrogens with two attached hydrogens (primary N) is 2. The van der Waals surface area contributed by atoms with Crippen molar-refractivity contribution in [3.8, 4) is 0 Å². The Kier molecular flexibility index (Phi) is 16.8. The number of nitrogens with one attached hydrogen (secondary N) is 4. The molecular weight excluding hydrogens is 514 g/mol. The summed E-state index contributed by atoms with van der Waals surface area (Å²) in [6, 6.07) is -3.08. The van der Waals surface area contributed by atoms with Crippen molar-refractivity contribution in [3.05, 3.63) is 0 Å². The molecule has 1 unspecified atom stereocenters. The molecule has 0 aromatic carbocycles. The summed E-state index contributed by atoms with van der Waals surface area (Å²) in [6.45, 7) is 8.96. The first-order valence-electron chi connectivity index (χ1n) is 12.7. The Hall–Kier alpha value is -3.03. The zero-order valence-electron chi connectivity index (χ0n) is 23.0. The van der Waals surface area contributed by atoms with Gasteiger partial charge >= 0.3 is 5.97 Å². The van der Waals surface area contributed by atoms with Crippen molar-refractivity contribution in [1.29, 1.82) is 0 Å². The number of nitrogens with zero attached hydrogens (tertiary/aromatic N) is 1. The van der Waals surface area contributed by atoms with Gasteiger partial charge in [-0.25, -0.2) is 4.79 Å². The molecule has 38 heavy (non-hydrogen) atoms. The Labute approximate surface area is 230 Å². The molecule has 0 aliphatic rings. The molecule has 0 radical (unpaired) electrons. The van der Waals surface area contributed by atoms with Crippen molar-refractivity contribution in [2.45, 2.75) is 78.4 Å². The van der Waals surface area contributed by atoms with E-state index in [4.69, 9.17) is 11.5 Å². The van der Waals surface area contributed by atoms with E-state index in [-0.39, 0.29) is 49.0 Å². The van der Waals surface area contributed by atoms with Crippen LogP contribution in [0.4, 0.5) is 0 Å². The Morgan fingerprint density at radius 2 is 1.45 bits per heavy atom. The molecule has 0 aromatic heterocycles. The normalized spacial score (nSPS) is 14.1. The van der Waals surface area contributed by atoms with E-state index in [9.17, 15) is 29.1 Å². The predicted octanol–water partition coefficient (Wildman–Crippen LogP) is -0.647. The SMILES string of the molecule is CC(C)CC(CS)C(=O)N[C@@H](C)C(=O)NCC(=O)N[C@@H](CC(C)C)C(=O)N[C@@H](CCCN=C(N)N)C(=O)O. The Morgan fingerprint density at radius 3 is 1.95 bits per heavy atom. The van der Waals surface area contributed by atoms with Crippen LogP contribution in [0.1, 0.15) is 60.3 Å². The molecule has 0 rings (SSSR count). The molecule has 0 fully saturated rings. The van der Waals surface area contributed by atoms with E-state index >= 15 is 0 Å². The highest BCUT2D eigenvalue weighted by molar-refractivity contribution is 7.80. The quantitative estimate of drug-likeness (QED) is 0.0466. The minimum atomic E-state index is -1.23. The van der Waals surface area contributed by atoms with Gasteiger partial charge in [-0.1, -0.05) is 27.7 Å². The van der Waals surface area contributed by atoms with E-state index in [0.717, 1.165) is 0 Å². The number of carboxylic acids is 1. The number of hydrogen-bond donors (Lipinski definition) is 8. The minimum Gasteiger partial charge on any atom is -0.480 e. The van der Waals surface area contributed by atoms with Gasteiger partial charge in [0.15, 0.2) is 5.96 Å². The molecule has 0 aliphatic carbocycles. The van der Waals surface area contributed by atoms with Gasteiger partial charge in [-0.3, -0.25) is 24.2 Å². The Bertz CT molecular complexity index is 833. The first-order chi connectivity index (χ1) is 17.7. The molecule has 0 saturated carbocycles. The first-order valence-corrected chi connectivity index (χ1v) is 13.4. The van der Waals surface area contributed by atoms with Crippen molar-refractivity contribution >= 4 is 48.2 Å². The van der Waals surface area contributed by atoms with Crippen molar-refractivity contribution in [2.24, 2.45) is 34.2 Å². The molecule has 0 spiro atoms. The van der Waals surface area contributed by atoms with Crippen LogP contribution in [-0.4, -0.2) is 77.6 Å². The molecule has 4 amide bonds. The smallest absolute Gasteiger partial charge is 0.326 e. The molecule has 9 N–H and O–H groups in total. The van der Waals surface area contributed by atoms with Gasteiger partial charge in [-0.2, -0.15) is 12.6 Å². The number of aliphatic imine (C=N–C) groups is 1. The number of thiol groups is 1. The Morgan fingerprint density at radius 1 is 0.842 bits per heavy atom. The van der Waals surface area contributed by atoms with Crippen molar-refractivity contribution in [2.75, 3.05) is 18.8 Å². The maximum Gasteiger partial charge on any atom is 0.326 e. The van der Waals surface area contributed by atoms with Crippen LogP contribution < -0.4 is 32.7 Å². The summed E-state index contributed by atoms with van der Waals surface area (Å²) >= 11 is 4.21. The highest BCUT2D eigenvalue weighted by atomic mass is 32.1. The molecule has 0 aromatic rings. The van der Waals surface area contributed by atoms with Crippen LogP contribution in [0.25, 0.3) is 0 Å². The number of guanidine groups is 1.